The van der Waals surface area contributed by atoms with Gasteiger partial charge in [-0.15, -0.1) is 0 Å². The Labute approximate surface area is 74.8 Å². The molecule has 3 heteroatoms. The summed E-state index contributed by atoms with van der Waals surface area (Å²) in [6.45, 7) is 0. The molecule has 1 saturated carbocycles. The second kappa shape index (κ2) is 3.97. The maximum Gasteiger partial charge on any atom is 0.301 e. The number of carboxylic acid groups (broad SMARTS) is 1. The molecule has 0 aromatic rings. The third-order valence-corrected chi connectivity index (χ3v) is 2.97. The summed E-state index contributed by atoms with van der Waals surface area (Å²) in [7, 11) is 1.89. The predicted octanol–water partition coefficient (Wildman–Crippen LogP) is 1.61. The van der Waals surface area contributed by atoms with Gasteiger partial charge < -0.3 is 5.11 Å². The van der Waals surface area contributed by atoms with Crippen LogP contribution in [0, 0.1) is 0 Å². The SMILES string of the molecule is BC1(C(=O)O)CCCCCCC1. The first kappa shape index (κ1) is 9.62. The van der Waals surface area contributed by atoms with Crippen LogP contribution in [-0.2, 0) is 4.79 Å². The Morgan fingerprint density at radius 3 is 1.92 bits per heavy atom. The van der Waals surface area contributed by atoms with Gasteiger partial charge >= 0.3 is 5.97 Å². The molecule has 0 radical (unpaired) electrons. The van der Waals surface area contributed by atoms with Crippen LogP contribution in [0.3, 0.4) is 0 Å². The van der Waals surface area contributed by atoms with E-state index in [2.05, 4.69) is 0 Å². The maximum absolute atomic E-state index is 10.9. The molecule has 0 unspecified atom stereocenters. The minimum absolute atomic E-state index is 0.430. The summed E-state index contributed by atoms with van der Waals surface area (Å²) in [6, 6.07) is 0. The van der Waals surface area contributed by atoms with E-state index in [1.165, 1.54) is 19.3 Å². The molecular formula is C9H17BO2. The lowest BCUT2D eigenvalue weighted by atomic mass is 9.62. The second-order valence-electron chi connectivity index (χ2n) is 4.13. The fourth-order valence-electron chi connectivity index (χ4n) is 1.90. The van der Waals surface area contributed by atoms with E-state index in [9.17, 15) is 4.79 Å². The minimum Gasteiger partial charge on any atom is -0.481 e. The van der Waals surface area contributed by atoms with Crippen molar-refractivity contribution >= 4 is 13.8 Å². The lowest BCUT2D eigenvalue weighted by Crippen LogP contribution is -2.24. The van der Waals surface area contributed by atoms with Crippen LogP contribution in [0.15, 0.2) is 0 Å². The highest BCUT2D eigenvalue weighted by molar-refractivity contribution is 6.26. The van der Waals surface area contributed by atoms with E-state index in [1.54, 1.807) is 0 Å². The normalized spacial score (nSPS) is 24.0. The Balaban J connectivity index is 2.54. The molecule has 1 rings (SSSR count). The van der Waals surface area contributed by atoms with Gasteiger partial charge in [-0.2, -0.15) is 0 Å². The summed E-state index contributed by atoms with van der Waals surface area (Å²) in [4.78, 5) is 10.9. The molecule has 0 amide bonds. The van der Waals surface area contributed by atoms with Crippen LogP contribution in [0.1, 0.15) is 44.9 Å². The summed E-state index contributed by atoms with van der Waals surface area (Å²) in [5.74, 6) is -0.607. The highest BCUT2D eigenvalue weighted by Crippen LogP contribution is 2.37. The quantitative estimate of drug-likeness (QED) is 0.604. The highest BCUT2D eigenvalue weighted by atomic mass is 16.4. The van der Waals surface area contributed by atoms with Crippen molar-refractivity contribution in [1.82, 2.24) is 0 Å². The van der Waals surface area contributed by atoms with Gasteiger partial charge in [-0.1, -0.05) is 32.1 Å². The smallest absolute Gasteiger partial charge is 0.301 e. The standard InChI is InChI=1S/C9H17BO2/c10-9(8(11)12)6-4-2-1-3-5-7-9/h1-7,10H2,(H,11,12). The van der Waals surface area contributed by atoms with Crippen LogP contribution in [0.2, 0.25) is 5.31 Å². The van der Waals surface area contributed by atoms with Gasteiger partial charge in [0.15, 0.2) is 0 Å². The van der Waals surface area contributed by atoms with Crippen LogP contribution >= 0.6 is 0 Å². The molecule has 0 atom stereocenters. The summed E-state index contributed by atoms with van der Waals surface area (Å²) >= 11 is 0. The number of hydrogen-bond donors (Lipinski definition) is 1. The van der Waals surface area contributed by atoms with Crippen LogP contribution in [0.5, 0.6) is 0 Å². The predicted molar refractivity (Wildman–Crippen MR) is 51.2 cm³/mol. The minimum atomic E-state index is -0.607. The fourth-order valence-corrected chi connectivity index (χ4v) is 1.90. The van der Waals surface area contributed by atoms with Gasteiger partial charge in [0.05, 0.1) is 0 Å². The molecule has 0 heterocycles. The number of aliphatic carboxylic acids is 1. The van der Waals surface area contributed by atoms with Gasteiger partial charge in [0.2, 0.25) is 0 Å². The van der Waals surface area contributed by atoms with Crippen molar-refractivity contribution < 1.29 is 9.90 Å². The topological polar surface area (TPSA) is 37.3 Å². The zero-order chi connectivity index (χ0) is 9.03. The molecule has 1 aliphatic rings. The molecule has 0 spiro atoms. The molecule has 0 aromatic heterocycles. The van der Waals surface area contributed by atoms with E-state index in [0.29, 0.717) is 0 Å². The van der Waals surface area contributed by atoms with Crippen molar-refractivity contribution in [3.05, 3.63) is 0 Å². The highest BCUT2D eigenvalue weighted by Gasteiger charge is 2.32. The van der Waals surface area contributed by atoms with Crippen LogP contribution in [0.25, 0.3) is 0 Å². The molecule has 0 bridgehead atoms. The average Bonchev–Trinajstić information content (AvgIpc) is 1.97. The van der Waals surface area contributed by atoms with Gasteiger partial charge in [0.25, 0.3) is 0 Å². The molecular weight excluding hydrogens is 151 g/mol. The molecule has 0 aliphatic heterocycles. The van der Waals surface area contributed by atoms with Gasteiger partial charge in [-0.3, -0.25) is 4.79 Å². The van der Waals surface area contributed by atoms with Crippen molar-refractivity contribution in [2.45, 2.75) is 50.3 Å². The largest absolute Gasteiger partial charge is 0.481 e. The molecule has 0 aromatic carbocycles. The van der Waals surface area contributed by atoms with Crippen LogP contribution in [0.4, 0.5) is 0 Å². The summed E-state index contributed by atoms with van der Waals surface area (Å²) in [5, 5.41) is 8.58. The number of hydrogen-bond acceptors (Lipinski definition) is 1. The molecule has 1 aliphatic carbocycles. The number of rotatable bonds is 1. The van der Waals surface area contributed by atoms with E-state index in [-0.39, 0.29) is 0 Å². The maximum atomic E-state index is 10.9. The molecule has 1 N–H and O–H groups in total. The van der Waals surface area contributed by atoms with Crippen molar-refractivity contribution in [2.75, 3.05) is 0 Å². The monoisotopic (exact) mass is 168 g/mol. The zero-order valence-corrected chi connectivity index (χ0v) is 7.81. The van der Waals surface area contributed by atoms with E-state index in [1.807, 2.05) is 7.85 Å². The third kappa shape index (κ3) is 2.26. The van der Waals surface area contributed by atoms with E-state index < -0.39 is 11.3 Å². The van der Waals surface area contributed by atoms with Gasteiger partial charge in [-0.05, 0) is 12.8 Å². The van der Waals surface area contributed by atoms with E-state index >= 15 is 0 Å². The van der Waals surface area contributed by atoms with E-state index in [4.69, 9.17) is 5.11 Å². The summed E-state index contributed by atoms with van der Waals surface area (Å²) in [6.07, 6.45) is 7.61. The van der Waals surface area contributed by atoms with Crippen molar-refractivity contribution in [3.63, 3.8) is 0 Å². The number of carboxylic acids is 1. The second-order valence-corrected chi connectivity index (χ2v) is 4.13. The van der Waals surface area contributed by atoms with Crippen molar-refractivity contribution in [2.24, 2.45) is 0 Å². The zero-order valence-electron chi connectivity index (χ0n) is 7.81. The van der Waals surface area contributed by atoms with E-state index in [0.717, 1.165) is 25.7 Å². The van der Waals surface area contributed by atoms with Crippen LogP contribution < -0.4 is 0 Å². The van der Waals surface area contributed by atoms with Crippen molar-refractivity contribution in [3.8, 4) is 0 Å². The first-order valence-electron chi connectivity index (χ1n) is 4.88. The Kier molecular flexibility index (Phi) is 3.18. The molecule has 68 valence electrons. The first-order valence-corrected chi connectivity index (χ1v) is 4.88. The number of carbonyl (C=O) groups is 1. The Bertz CT molecular complexity index is 160. The first-order chi connectivity index (χ1) is 5.65. The van der Waals surface area contributed by atoms with Gasteiger partial charge in [0, 0.05) is 5.31 Å². The Morgan fingerprint density at radius 2 is 1.50 bits per heavy atom. The lowest BCUT2D eigenvalue weighted by molar-refractivity contribution is -0.141. The molecule has 1 fully saturated rings. The summed E-state index contributed by atoms with van der Waals surface area (Å²) < 4.78 is 0. The average molecular weight is 168 g/mol. The van der Waals surface area contributed by atoms with Crippen LogP contribution in [-0.4, -0.2) is 18.9 Å². The Morgan fingerprint density at radius 1 is 1.08 bits per heavy atom. The third-order valence-electron chi connectivity index (χ3n) is 2.97. The molecule has 0 saturated heterocycles. The lowest BCUT2D eigenvalue weighted by Gasteiger charge is -2.26. The van der Waals surface area contributed by atoms with Gasteiger partial charge in [-0.25, -0.2) is 0 Å². The van der Waals surface area contributed by atoms with Crippen molar-refractivity contribution in [1.29, 1.82) is 0 Å². The summed E-state index contributed by atoms with van der Waals surface area (Å²) in [5.41, 5.74) is 0. The molecule has 2 nitrogen and oxygen atoms in total. The Hall–Kier alpha value is -0.465. The fraction of sp³-hybridized carbons (Fsp3) is 0.889. The van der Waals surface area contributed by atoms with Gasteiger partial charge in [0.1, 0.15) is 7.85 Å². The molecule has 12 heavy (non-hydrogen) atoms.